The van der Waals surface area contributed by atoms with Gasteiger partial charge in [-0.2, -0.15) is 0 Å². The van der Waals surface area contributed by atoms with Crippen molar-refractivity contribution in [3.05, 3.63) is 59.7 Å². The van der Waals surface area contributed by atoms with E-state index >= 15 is 0 Å². The maximum atomic E-state index is 13.6. The Morgan fingerprint density at radius 3 is 2.20 bits per heavy atom. The Bertz CT molecular complexity index is 1080. The Morgan fingerprint density at radius 1 is 1.06 bits per heavy atom. The molecule has 3 unspecified atom stereocenters. The zero-order chi connectivity index (χ0) is 25.2. The van der Waals surface area contributed by atoms with E-state index in [-0.39, 0.29) is 12.5 Å². The SMILES string of the molecule is CCCCC(NC(=O)OCC1c2ccccc2-c2ccccc21)C(=O)NCC1C(C(=O)O)C1(F)F. The number of halogens is 2. The number of amides is 2. The van der Waals surface area contributed by atoms with Crippen LogP contribution in [0.15, 0.2) is 48.5 Å². The van der Waals surface area contributed by atoms with Crippen molar-refractivity contribution in [3.8, 4) is 11.1 Å². The van der Waals surface area contributed by atoms with Gasteiger partial charge in [0.1, 0.15) is 18.6 Å². The highest BCUT2D eigenvalue weighted by Gasteiger charge is 2.72. The number of rotatable bonds is 10. The number of unbranched alkanes of at least 4 members (excludes halogenated alkanes) is 1. The van der Waals surface area contributed by atoms with Crippen LogP contribution in [0.4, 0.5) is 13.6 Å². The van der Waals surface area contributed by atoms with Gasteiger partial charge in [0.05, 0.1) is 5.92 Å². The molecule has 7 nitrogen and oxygen atoms in total. The maximum absolute atomic E-state index is 13.6. The number of hydrogen-bond acceptors (Lipinski definition) is 4. The molecule has 3 atom stereocenters. The van der Waals surface area contributed by atoms with Gasteiger partial charge in [-0.1, -0.05) is 68.3 Å². The van der Waals surface area contributed by atoms with E-state index in [0.29, 0.717) is 12.8 Å². The molecule has 1 saturated carbocycles. The standard InChI is InChI=1S/C26H28F2N2O5/c1-2-3-12-21(23(31)29-13-20-22(24(32)33)26(20,27)28)30-25(34)35-14-19-17-10-6-4-8-15(17)16-9-5-7-11-18(16)19/h4-11,19-22H,2-3,12-14H2,1H3,(H,29,31)(H,30,34)(H,32,33). The van der Waals surface area contributed by atoms with E-state index in [2.05, 4.69) is 10.6 Å². The lowest BCUT2D eigenvalue weighted by molar-refractivity contribution is -0.141. The Kier molecular flexibility index (Phi) is 7.05. The highest BCUT2D eigenvalue weighted by Crippen LogP contribution is 2.54. The minimum atomic E-state index is -3.35. The molecule has 0 bridgehead atoms. The summed E-state index contributed by atoms with van der Waals surface area (Å²) in [5.41, 5.74) is 4.29. The van der Waals surface area contributed by atoms with Gasteiger partial charge in [0.15, 0.2) is 0 Å². The van der Waals surface area contributed by atoms with E-state index in [1.54, 1.807) is 0 Å². The molecule has 186 valence electrons. The number of fused-ring (bicyclic) bond motifs is 3. The van der Waals surface area contributed by atoms with Crippen molar-refractivity contribution in [1.29, 1.82) is 0 Å². The van der Waals surface area contributed by atoms with Crippen LogP contribution < -0.4 is 10.6 Å². The zero-order valence-electron chi connectivity index (χ0n) is 19.3. The lowest BCUT2D eigenvalue weighted by atomic mass is 9.98. The Morgan fingerprint density at radius 2 is 1.66 bits per heavy atom. The van der Waals surface area contributed by atoms with E-state index in [9.17, 15) is 23.2 Å². The average Bonchev–Trinajstić information content (AvgIpc) is 3.25. The molecule has 0 radical (unpaired) electrons. The highest BCUT2D eigenvalue weighted by molar-refractivity contribution is 5.86. The molecule has 2 aromatic carbocycles. The number of carboxylic acid groups (broad SMARTS) is 1. The fraction of sp³-hybridized carbons (Fsp3) is 0.423. The Balaban J connectivity index is 1.35. The first-order valence-corrected chi connectivity index (χ1v) is 11.8. The van der Waals surface area contributed by atoms with Crippen molar-refractivity contribution in [2.45, 2.75) is 44.1 Å². The van der Waals surface area contributed by atoms with Crippen LogP contribution in [0.25, 0.3) is 11.1 Å². The number of carbonyl (C=O) groups excluding carboxylic acids is 2. The predicted octanol–water partition coefficient (Wildman–Crippen LogP) is 4.17. The van der Waals surface area contributed by atoms with Crippen molar-refractivity contribution in [2.75, 3.05) is 13.2 Å². The number of benzene rings is 2. The van der Waals surface area contributed by atoms with Gasteiger partial charge in [-0.25, -0.2) is 13.6 Å². The first kappa shape index (κ1) is 24.6. The summed E-state index contributed by atoms with van der Waals surface area (Å²) in [5.74, 6) is -8.97. The summed E-state index contributed by atoms with van der Waals surface area (Å²) >= 11 is 0. The predicted molar refractivity (Wildman–Crippen MR) is 124 cm³/mol. The maximum Gasteiger partial charge on any atom is 0.407 e. The quantitative estimate of drug-likeness (QED) is 0.468. The lowest BCUT2D eigenvalue weighted by Gasteiger charge is -2.19. The second kappa shape index (κ2) is 10.0. The second-order valence-electron chi connectivity index (χ2n) is 9.01. The van der Waals surface area contributed by atoms with E-state index < -0.39 is 48.3 Å². The number of alkyl halides is 2. The van der Waals surface area contributed by atoms with Crippen LogP contribution in [-0.2, 0) is 14.3 Å². The summed E-state index contributed by atoms with van der Waals surface area (Å²) in [7, 11) is 0. The molecular weight excluding hydrogens is 458 g/mol. The smallest absolute Gasteiger partial charge is 0.407 e. The van der Waals surface area contributed by atoms with E-state index in [4.69, 9.17) is 9.84 Å². The van der Waals surface area contributed by atoms with E-state index in [1.807, 2.05) is 55.5 Å². The number of alkyl carbamates (subject to hydrolysis) is 1. The number of aliphatic carboxylic acids is 1. The van der Waals surface area contributed by atoms with Gasteiger partial charge in [-0.15, -0.1) is 0 Å². The molecule has 0 aliphatic heterocycles. The van der Waals surface area contributed by atoms with Gasteiger partial charge >= 0.3 is 12.1 Å². The normalized spacial score (nSPS) is 20.3. The van der Waals surface area contributed by atoms with Crippen LogP contribution >= 0.6 is 0 Å². The molecule has 35 heavy (non-hydrogen) atoms. The van der Waals surface area contributed by atoms with Crippen LogP contribution in [-0.4, -0.2) is 48.2 Å². The molecule has 2 aliphatic rings. The summed E-state index contributed by atoms with van der Waals surface area (Å²) in [6.45, 7) is 1.53. The third-order valence-corrected chi connectivity index (χ3v) is 6.76. The monoisotopic (exact) mass is 486 g/mol. The summed E-state index contributed by atoms with van der Waals surface area (Å²) in [6, 6.07) is 14.9. The van der Waals surface area contributed by atoms with Crippen LogP contribution in [0.5, 0.6) is 0 Å². The fourth-order valence-corrected chi connectivity index (χ4v) is 4.77. The topological polar surface area (TPSA) is 105 Å². The summed E-state index contributed by atoms with van der Waals surface area (Å²) in [6.07, 6.45) is 0.913. The average molecular weight is 487 g/mol. The van der Waals surface area contributed by atoms with Crippen molar-refractivity contribution in [2.24, 2.45) is 11.8 Å². The van der Waals surface area contributed by atoms with Crippen LogP contribution in [0.2, 0.25) is 0 Å². The lowest BCUT2D eigenvalue weighted by Crippen LogP contribution is -2.47. The Labute approximate surface area is 201 Å². The molecule has 4 rings (SSSR count). The molecule has 1 fully saturated rings. The number of nitrogens with one attached hydrogen (secondary N) is 2. The molecule has 0 spiro atoms. The molecule has 2 aromatic rings. The van der Waals surface area contributed by atoms with Crippen LogP contribution in [0.1, 0.15) is 43.2 Å². The van der Waals surface area contributed by atoms with Gasteiger partial charge in [0.2, 0.25) is 5.91 Å². The van der Waals surface area contributed by atoms with Crippen LogP contribution in [0.3, 0.4) is 0 Å². The van der Waals surface area contributed by atoms with E-state index in [0.717, 1.165) is 28.7 Å². The van der Waals surface area contributed by atoms with Gasteiger partial charge in [-0.3, -0.25) is 9.59 Å². The summed E-state index contributed by atoms with van der Waals surface area (Å²) in [4.78, 5) is 36.1. The van der Waals surface area contributed by atoms with Crippen LogP contribution in [0, 0.1) is 11.8 Å². The first-order valence-electron chi connectivity index (χ1n) is 11.8. The number of hydrogen-bond donors (Lipinski definition) is 3. The van der Waals surface area contributed by atoms with Gasteiger partial charge in [0, 0.05) is 12.5 Å². The van der Waals surface area contributed by atoms with Gasteiger partial charge in [0.25, 0.3) is 5.92 Å². The third kappa shape index (κ3) is 4.99. The van der Waals surface area contributed by atoms with Gasteiger partial charge < -0.3 is 20.5 Å². The molecule has 2 amide bonds. The fourth-order valence-electron chi connectivity index (χ4n) is 4.77. The van der Waals surface area contributed by atoms with Crippen molar-refractivity contribution in [1.82, 2.24) is 10.6 Å². The zero-order valence-corrected chi connectivity index (χ0v) is 19.3. The molecular formula is C26H28F2N2O5. The van der Waals surface area contributed by atoms with Crippen molar-refractivity contribution in [3.63, 3.8) is 0 Å². The molecule has 0 heterocycles. The number of carbonyl (C=O) groups is 3. The molecule has 2 aliphatic carbocycles. The second-order valence-corrected chi connectivity index (χ2v) is 9.01. The Hall–Kier alpha value is -3.49. The minimum absolute atomic E-state index is 0.0799. The largest absolute Gasteiger partial charge is 0.481 e. The molecule has 9 heteroatoms. The molecule has 0 saturated heterocycles. The molecule has 3 N–H and O–H groups in total. The number of carboxylic acids is 1. The van der Waals surface area contributed by atoms with Crippen molar-refractivity contribution >= 4 is 18.0 Å². The third-order valence-electron chi connectivity index (χ3n) is 6.76. The van der Waals surface area contributed by atoms with E-state index in [1.165, 1.54) is 0 Å². The number of ether oxygens (including phenoxy) is 1. The summed E-state index contributed by atoms with van der Waals surface area (Å²) < 4.78 is 32.7. The first-order chi connectivity index (χ1) is 16.8. The molecule has 0 aromatic heterocycles. The summed E-state index contributed by atoms with van der Waals surface area (Å²) in [5, 5.41) is 13.8. The minimum Gasteiger partial charge on any atom is -0.481 e. The van der Waals surface area contributed by atoms with Crippen molar-refractivity contribution < 1.29 is 33.0 Å². The van der Waals surface area contributed by atoms with Gasteiger partial charge in [-0.05, 0) is 28.7 Å². The highest BCUT2D eigenvalue weighted by atomic mass is 19.3.